The third-order valence-electron chi connectivity index (χ3n) is 5.32. The highest BCUT2D eigenvalue weighted by atomic mass is 32.2. The van der Waals surface area contributed by atoms with Gasteiger partial charge in [0.05, 0.1) is 11.2 Å². The molecule has 0 spiro atoms. The van der Waals surface area contributed by atoms with Gasteiger partial charge in [-0.05, 0) is 48.9 Å². The maximum absolute atomic E-state index is 13.3. The topological polar surface area (TPSA) is 133 Å². The molecule has 3 rings (SSSR count). The Bertz CT molecular complexity index is 1200. The molecule has 2 aromatic carbocycles. The van der Waals surface area contributed by atoms with E-state index in [1.54, 1.807) is 12.1 Å². The fraction of sp³-hybridized carbons (Fsp3) is 0.350. The molecule has 0 aliphatic carbocycles. The van der Waals surface area contributed by atoms with Crippen LogP contribution in [-0.2, 0) is 31.4 Å². The van der Waals surface area contributed by atoms with Gasteiger partial charge >= 0.3 is 0 Å². The minimum atomic E-state index is -4.21. The fourth-order valence-electron chi connectivity index (χ4n) is 3.68. The number of carbonyl (C=O) groups excluding carboxylic acids is 1. The van der Waals surface area contributed by atoms with Crippen LogP contribution in [0, 0.1) is 5.82 Å². The monoisotopic (exact) mass is 501 g/mol. The Kier molecular flexibility index (Phi) is 7.39. The van der Waals surface area contributed by atoms with Crippen LogP contribution in [0.2, 0.25) is 0 Å². The Morgan fingerprint density at radius 2 is 1.64 bits per heavy atom. The Hall–Kier alpha value is -2.58. The maximum atomic E-state index is 13.3. The minimum absolute atomic E-state index is 0.132. The van der Waals surface area contributed by atoms with Gasteiger partial charge in [-0.2, -0.15) is 8.61 Å². The highest BCUT2D eigenvalue weighted by molar-refractivity contribution is 7.89. The fourth-order valence-corrected chi connectivity index (χ4v) is 6.46. The normalized spacial score (nSPS) is 20.4. The standard InChI is InChI=1S/C20H24FN3O7S2/c1-14-19(20(25)22-26)24(12-11-23(14)32(2,27)28)33(29,30)18-9-7-17(8-10-18)31-13-15-3-5-16(21)6-4-15/h3-10,14,19,26H,11-13H2,1-2H3,(H,22,25). The summed E-state index contributed by atoms with van der Waals surface area (Å²) in [5.74, 6) is -1.04. The molecule has 0 radical (unpaired) electrons. The molecule has 2 unspecified atom stereocenters. The Balaban J connectivity index is 1.81. The summed E-state index contributed by atoms with van der Waals surface area (Å²) in [6.45, 7) is 1.12. The van der Waals surface area contributed by atoms with E-state index in [1.807, 2.05) is 0 Å². The molecule has 0 saturated carbocycles. The third kappa shape index (κ3) is 5.50. The lowest BCUT2D eigenvalue weighted by Crippen LogP contribution is -2.65. The van der Waals surface area contributed by atoms with Crippen molar-refractivity contribution in [2.45, 2.75) is 30.5 Å². The van der Waals surface area contributed by atoms with Gasteiger partial charge in [0, 0.05) is 19.1 Å². The van der Waals surface area contributed by atoms with Crippen molar-refractivity contribution in [2.24, 2.45) is 0 Å². The van der Waals surface area contributed by atoms with Crippen LogP contribution in [0.5, 0.6) is 5.75 Å². The van der Waals surface area contributed by atoms with Crippen molar-refractivity contribution in [1.82, 2.24) is 14.1 Å². The number of nitrogens with one attached hydrogen (secondary N) is 1. The second-order valence-electron chi connectivity index (χ2n) is 7.54. The molecule has 1 aliphatic heterocycles. The first-order valence-electron chi connectivity index (χ1n) is 9.85. The third-order valence-corrected chi connectivity index (χ3v) is 8.58. The maximum Gasteiger partial charge on any atom is 0.263 e. The van der Waals surface area contributed by atoms with E-state index in [4.69, 9.17) is 9.94 Å². The summed E-state index contributed by atoms with van der Waals surface area (Å²) in [6, 6.07) is 8.70. The minimum Gasteiger partial charge on any atom is -0.489 e. The Labute approximate surface area is 191 Å². The molecule has 2 N–H and O–H groups in total. The zero-order valence-electron chi connectivity index (χ0n) is 17.9. The van der Waals surface area contributed by atoms with E-state index in [9.17, 15) is 26.0 Å². The SMILES string of the molecule is CC1C(C(=O)NO)N(S(=O)(=O)c2ccc(OCc3ccc(F)cc3)cc2)CCN1S(C)(=O)=O. The van der Waals surface area contributed by atoms with Gasteiger partial charge in [0.2, 0.25) is 20.0 Å². The summed E-state index contributed by atoms with van der Waals surface area (Å²) in [5, 5.41) is 9.13. The number of carbonyl (C=O) groups is 1. The van der Waals surface area contributed by atoms with Crippen LogP contribution < -0.4 is 10.2 Å². The Morgan fingerprint density at radius 1 is 1.06 bits per heavy atom. The van der Waals surface area contributed by atoms with Crippen molar-refractivity contribution < 1.29 is 36.0 Å². The van der Waals surface area contributed by atoms with E-state index in [2.05, 4.69) is 0 Å². The number of sulfonamides is 2. The molecule has 180 valence electrons. The van der Waals surface area contributed by atoms with E-state index in [0.717, 1.165) is 20.4 Å². The lowest BCUT2D eigenvalue weighted by molar-refractivity contribution is -0.135. The molecule has 1 saturated heterocycles. The highest BCUT2D eigenvalue weighted by Gasteiger charge is 2.47. The lowest BCUT2D eigenvalue weighted by atomic mass is 10.1. The first-order chi connectivity index (χ1) is 15.4. The first kappa shape index (κ1) is 25.1. The molecule has 1 amide bonds. The van der Waals surface area contributed by atoms with Crippen LogP contribution in [0.25, 0.3) is 0 Å². The van der Waals surface area contributed by atoms with Crippen LogP contribution in [0.3, 0.4) is 0 Å². The molecular weight excluding hydrogens is 477 g/mol. The number of nitrogens with zero attached hydrogens (tertiary/aromatic N) is 2. The van der Waals surface area contributed by atoms with E-state index in [-0.39, 0.29) is 30.4 Å². The molecule has 10 nitrogen and oxygen atoms in total. The van der Waals surface area contributed by atoms with E-state index in [1.165, 1.54) is 48.8 Å². The van der Waals surface area contributed by atoms with Gasteiger partial charge in [0.25, 0.3) is 5.91 Å². The van der Waals surface area contributed by atoms with E-state index < -0.39 is 38.0 Å². The molecule has 1 fully saturated rings. The second kappa shape index (κ2) is 9.73. The summed E-state index contributed by atoms with van der Waals surface area (Å²) in [6.07, 6.45) is 0.965. The van der Waals surface area contributed by atoms with Crippen LogP contribution in [0.15, 0.2) is 53.4 Å². The molecule has 2 aromatic rings. The van der Waals surface area contributed by atoms with Crippen molar-refractivity contribution in [1.29, 1.82) is 0 Å². The Morgan fingerprint density at radius 3 is 2.18 bits per heavy atom. The predicted molar refractivity (Wildman–Crippen MR) is 116 cm³/mol. The summed E-state index contributed by atoms with van der Waals surface area (Å²) in [4.78, 5) is 12.2. The van der Waals surface area contributed by atoms with E-state index >= 15 is 0 Å². The summed E-state index contributed by atoms with van der Waals surface area (Å²) >= 11 is 0. The van der Waals surface area contributed by atoms with Crippen LogP contribution in [0.1, 0.15) is 12.5 Å². The number of benzene rings is 2. The molecule has 1 heterocycles. The number of hydrogen-bond acceptors (Lipinski definition) is 7. The van der Waals surface area contributed by atoms with Crippen LogP contribution in [-0.4, -0.2) is 68.0 Å². The molecule has 13 heteroatoms. The average Bonchev–Trinajstić information content (AvgIpc) is 2.77. The average molecular weight is 502 g/mol. The zero-order chi connectivity index (χ0) is 24.4. The lowest BCUT2D eigenvalue weighted by Gasteiger charge is -2.42. The second-order valence-corrected chi connectivity index (χ2v) is 11.4. The summed E-state index contributed by atoms with van der Waals surface area (Å²) in [5.41, 5.74) is 2.15. The molecule has 2 atom stereocenters. The summed E-state index contributed by atoms with van der Waals surface area (Å²) in [7, 11) is -7.92. The highest BCUT2D eigenvalue weighted by Crippen LogP contribution is 2.28. The molecule has 1 aliphatic rings. The van der Waals surface area contributed by atoms with Gasteiger partial charge in [-0.15, -0.1) is 0 Å². The van der Waals surface area contributed by atoms with Crippen molar-refractivity contribution in [3.63, 3.8) is 0 Å². The van der Waals surface area contributed by atoms with E-state index in [0.29, 0.717) is 5.75 Å². The number of rotatable bonds is 7. The number of hydrogen-bond donors (Lipinski definition) is 2. The van der Waals surface area contributed by atoms with Gasteiger partial charge in [-0.25, -0.2) is 26.7 Å². The zero-order valence-corrected chi connectivity index (χ0v) is 19.5. The molecule has 0 aromatic heterocycles. The van der Waals surface area contributed by atoms with Crippen LogP contribution >= 0.6 is 0 Å². The number of hydroxylamine groups is 1. The quantitative estimate of drug-likeness (QED) is 0.426. The number of halogens is 1. The van der Waals surface area contributed by atoms with Crippen molar-refractivity contribution >= 4 is 26.0 Å². The summed E-state index contributed by atoms with van der Waals surface area (Å²) < 4.78 is 71.1. The first-order valence-corrected chi connectivity index (χ1v) is 13.1. The molecular formula is C20H24FN3O7S2. The van der Waals surface area contributed by atoms with Gasteiger partial charge in [0.1, 0.15) is 24.2 Å². The van der Waals surface area contributed by atoms with Gasteiger partial charge in [-0.1, -0.05) is 12.1 Å². The number of amides is 1. The smallest absolute Gasteiger partial charge is 0.263 e. The van der Waals surface area contributed by atoms with Crippen molar-refractivity contribution in [2.75, 3.05) is 19.3 Å². The van der Waals surface area contributed by atoms with Crippen LogP contribution in [0.4, 0.5) is 4.39 Å². The number of ether oxygens (including phenoxy) is 1. The van der Waals surface area contributed by atoms with Gasteiger partial charge in [0.15, 0.2) is 0 Å². The molecule has 33 heavy (non-hydrogen) atoms. The largest absolute Gasteiger partial charge is 0.489 e. The van der Waals surface area contributed by atoms with Crippen molar-refractivity contribution in [3.05, 3.63) is 59.9 Å². The van der Waals surface area contributed by atoms with Gasteiger partial charge < -0.3 is 4.74 Å². The molecule has 0 bridgehead atoms. The predicted octanol–water partition coefficient (Wildman–Crippen LogP) is 0.933. The van der Waals surface area contributed by atoms with Gasteiger partial charge in [-0.3, -0.25) is 10.0 Å². The number of piperazine rings is 1. The van der Waals surface area contributed by atoms with Crippen molar-refractivity contribution in [3.8, 4) is 5.75 Å².